The lowest BCUT2D eigenvalue weighted by molar-refractivity contribution is 0.137. The van der Waals surface area contributed by atoms with Crippen LogP contribution in [0.5, 0.6) is 11.5 Å². The van der Waals surface area contributed by atoms with Gasteiger partial charge in [0.05, 0.1) is 6.61 Å². The first-order valence-corrected chi connectivity index (χ1v) is 9.35. The van der Waals surface area contributed by atoms with Gasteiger partial charge in [0.15, 0.2) is 11.5 Å². The quantitative estimate of drug-likeness (QED) is 0.826. The summed E-state index contributed by atoms with van der Waals surface area (Å²) in [5.41, 5.74) is 2.44. The van der Waals surface area contributed by atoms with Gasteiger partial charge in [-0.25, -0.2) is 0 Å². The summed E-state index contributed by atoms with van der Waals surface area (Å²) in [6, 6.07) is 16.1. The molecule has 2 aromatic carbocycles. The monoisotopic (exact) mass is 352 g/mol. The van der Waals surface area contributed by atoms with Crippen LogP contribution >= 0.6 is 0 Å². The molecule has 0 aromatic heterocycles. The predicted molar refractivity (Wildman–Crippen MR) is 106 cm³/mol. The number of phenolic OH excluding ortho intramolecular Hbond substituents is 1. The van der Waals surface area contributed by atoms with E-state index in [0.717, 1.165) is 39.3 Å². The molecular weight excluding hydrogens is 324 g/mol. The minimum absolute atomic E-state index is 0.214. The van der Waals surface area contributed by atoms with Crippen molar-refractivity contribution in [2.75, 3.05) is 39.3 Å². The fraction of sp³-hybridized carbons (Fsp3) is 0.364. The molecule has 0 amide bonds. The minimum atomic E-state index is 0.214. The van der Waals surface area contributed by atoms with Crippen molar-refractivity contribution >= 4 is 6.08 Å². The lowest BCUT2D eigenvalue weighted by Gasteiger charge is -2.34. The molecular formula is C22H28N2O2. The molecule has 0 radical (unpaired) electrons. The number of hydrogen-bond donors (Lipinski definition) is 1. The van der Waals surface area contributed by atoms with Crippen LogP contribution in [0.15, 0.2) is 54.6 Å². The van der Waals surface area contributed by atoms with Crippen LogP contribution in [0.1, 0.15) is 18.1 Å². The molecule has 0 unspecified atom stereocenters. The van der Waals surface area contributed by atoms with E-state index in [9.17, 15) is 5.11 Å². The standard InChI is InChI=1S/C22H28N2O2/c1-2-26-22-17-20(10-11-21(22)25)18-24-15-13-23(14-16-24)12-6-9-19-7-4-3-5-8-19/h3-11,17,25H,2,12-16,18H2,1H3/b9-6+. The molecule has 26 heavy (non-hydrogen) atoms. The van der Waals surface area contributed by atoms with Crippen molar-refractivity contribution in [2.24, 2.45) is 0 Å². The van der Waals surface area contributed by atoms with Crippen molar-refractivity contribution in [1.82, 2.24) is 9.80 Å². The maximum atomic E-state index is 9.82. The van der Waals surface area contributed by atoms with Crippen molar-refractivity contribution < 1.29 is 9.84 Å². The second-order valence-corrected chi connectivity index (χ2v) is 6.62. The van der Waals surface area contributed by atoms with Crippen molar-refractivity contribution in [3.63, 3.8) is 0 Å². The average molecular weight is 352 g/mol. The maximum absolute atomic E-state index is 9.82. The Hall–Kier alpha value is -2.30. The van der Waals surface area contributed by atoms with Crippen LogP contribution in [0, 0.1) is 0 Å². The molecule has 1 N–H and O–H groups in total. The van der Waals surface area contributed by atoms with Crippen LogP contribution in [-0.2, 0) is 6.54 Å². The summed E-state index contributed by atoms with van der Waals surface area (Å²) < 4.78 is 5.48. The first-order valence-electron chi connectivity index (χ1n) is 9.35. The number of phenols is 1. The van der Waals surface area contributed by atoms with Gasteiger partial charge in [0.1, 0.15) is 0 Å². The molecule has 0 spiro atoms. The smallest absolute Gasteiger partial charge is 0.161 e. The van der Waals surface area contributed by atoms with Gasteiger partial charge in [-0.3, -0.25) is 9.80 Å². The summed E-state index contributed by atoms with van der Waals surface area (Å²) in [5.74, 6) is 0.792. The lowest BCUT2D eigenvalue weighted by atomic mass is 10.1. The van der Waals surface area contributed by atoms with Gasteiger partial charge in [0.2, 0.25) is 0 Å². The van der Waals surface area contributed by atoms with E-state index in [-0.39, 0.29) is 5.75 Å². The van der Waals surface area contributed by atoms with E-state index < -0.39 is 0 Å². The second-order valence-electron chi connectivity index (χ2n) is 6.62. The fourth-order valence-electron chi connectivity index (χ4n) is 3.22. The Kier molecular flexibility index (Phi) is 6.69. The van der Waals surface area contributed by atoms with Gasteiger partial charge in [0.25, 0.3) is 0 Å². The van der Waals surface area contributed by atoms with Gasteiger partial charge in [-0.15, -0.1) is 0 Å². The van der Waals surface area contributed by atoms with E-state index in [1.807, 2.05) is 25.1 Å². The summed E-state index contributed by atoms with van der Waals surface area (Å²) in [4.78, 5) is 4.94. The molecule has 2 aromatic rings. The zero-order valence-corrected chi connectivity index (χ0v) is 15.5. The molecule has 138 valence electrons. The molecule has 0 bridgehead atoms. The maximum Gasteiger partial charge on any atom is 0.161 e. The Bertz CT molecular complexity index is 707. The van der Waals surface area contributed by atoms with E-state index in [1.165, 1.54) is 11.1 Å². The van der Waals surface area contributed by atoms with Crippen LogP contribution < -0.4 is 4.74 Å². The van der Waals surface area contributed by atoms with Gasteiger partial charge >= 0.3 is 0 Å². The molecule has 0 saturated carbocycles. The summed E-state index contributed by atoms with van der Waals surface area (Å²) in [5, 5.41) is 9.82. The van der Waals surface area contributed by atoms with Gasteiger partial charge in [0, 0.05) is 39.3 Å². The first kappa shape index (κ1) is 18.5. The predicted octanol–water partition coefficient (Wildman–Crippen LogP) is 3.62. The summed E-state index contributed by atoms with van der Waals surface area (Å²) in [7, 11) is 0. The van der Waals surface area contributed by atoms with E-state index in [0.29, 0.717) is 12.4 Å². The normalized spacial score (nSPS) is 16.2. The number of rotatable bonds is 7. The molecule has 4 heteroatoms. The van der Waals surface area contributed by atoms with Crippen molar-refractivity contribution in [1.29, 1.82) is 0 Å². The van der Waals surface area contributed by atoms with Crippen molar-refractivity contribution in [3.8, 4) is 11.5 Å². The summed E-state index contributed by atoms with van der Waals surface area (Å²) in [6.45, 7) is 8.66. The van der Waals surface area contributed by atoms with E-state index in [2.05, 4.69) is 46.2 Å². The highest BCUT2D eigenvalue weighted by molar-refractivity contribution is 5.48. The molecule has 1 saturated heterocycles. The topological polar surface area (TPSA) is 35.9 Å². The molecule has 1 aliphatic heterocycles. The van der Waals surface area contributed by atoms with E-state index in [1.54, 1.807) is 6.07 Å². The summed E-state index contributed by atoms with van der Waals surface area (Å²) in [6.07, 6.45) is 4.44. The lowest BCUT2D eigenvalue weighted by Crippen LogP contribution is -2.45. The minimum Gasteiger partial charge on any atom is -0.504 e. The Labute approximate surface area is 156 Å². The van der Waals surface area contributed by atoms with Crippen LogP contribution in [0.3, 0.4) is 0 Å². The van der Waals surface area contributed by atoms with Crippen LogP contribution in [0.4, 0.5) is 0 Å². The number of benzene rings is 2. The molecule has 3 rings (SSSR count). The highest BCUT2D eigenvalue weighted by Gasteiger charge is 2.16. The zero-order valence-electron chi connectivity index (χ0n) is 15.5. The third kappa shape index (κ3) is 5.35. The molecule has 1 aliphatic rings. The molecule has 0 aliphatic carbocycles. The number of ether oxygens (including phenoxy) is 1. The van der Waals surface area contributed by atoms with Gasteiger partial charge < -0.3 is 9.84 Å². The molecule has 1 fully saturated rings. The number of aromatic hydroxyl groups is 1. The third-order valence-corrected chi connectivity index (χ3v) is 4.67. The Morgan fingerprint density at radius 1 is 1.00 bits per heavy atom. The first-order chi connectivity index (χ1) is 12.7. The summed E-state index contributed by atoms with van der Waals surface area (Å²) >= 11 is 0. The Balaban J connectivity index is 1.45. The number of piperazine rings is 1. The van der Waals surface area contributed by atoms with Gasteiger partial charge in [-0.1, -0.05) is 48.6 Å². The van der Waals surface area contributed by atoms with E-state index in [4.69, 9.17) is 4.74 Å². The molecule has 1 heterocycles. The van der Waals surface area contributed by atoms with Crippen molar-refractivity contribution in [3.05, 3.63) is 65.7 Å². The molecule has 0 atom stereocenters. The second kappa shape index (κ2) is 9.41. The zero-order chi connectivity index (χ0) is 18.2. The SMILES string of the molecule is CCOc1cc(CN2CCN(C/C=C/c3ccccc3)CC2)ccc1O. The Morgan fingerprint density at radius 3 is 2.46 bits per heavy atom. The average Bonchev–Trinajstić information content (AvgIpc) is 2.67. The van der Waals surface area contributed by atoms with Crippen LogP contribution in [0.2, 0.25) is 0 Å². The fourth-order valence-corrected chi connectivity index (χ4v) is 3.22. The highest BCUT2D eigenvalue weighted by atomic mass is 16.5. The number of hydrogen-bond acceptors (Lipinski definition) is 4. The largest absolute Gasteiger partial charge is 0.504 e. The number of nitrogens with zero attached hydrogens (tertiary/aromatic N) is 2. The molecule has 4 nitrogen and oxygen atoms in total. The van der Waals surface area contributed by atoms with Crippen LogP contribution in [-0.4, -0.2) is 54.2 Å². The van der Waals surface area contributed by atoms with Crippen LogP contribution in [0.25, 0.3) is 6.08 Å². The van der Waals surface area contributed by atoms with Gasteiger partial charge in [-0.05, 0) is 30.2 Å². The third-order valence-electron chi connectivity index (χ3n) is 4.67. The highest BCUT2D eigenvalue weighted by Crippen LogP contribution is 2.27. The Morgan fingerprint density at radius 2 is 1.73 bits per heavy atom. The van der Waals surface area contributed by atoms with Gasteiger partial charge in [-0.2, -0.15) is 0 Å². The van der Waals surface area contributed by atoms with E-state index >= 15 is 0 Å². The van der Waals surface area contributed by atoms with Crippen molar-refractivity contribution in [2.45, 2.75) is 13.5 Å².